The van der Waals surface area contributed by atoms with Gasteiger partial charge in [0.25, 0.3) is 0 Å². The van der Waals surface area contributed by atoms with Gasteiger partial charge in [0.05, 0.1) is 5.52 Å². The fourth-order valence-corrected chi connectivity index (χ4v) is 1.86. The highest BCUT2D eigenvalue weighted by molar-refractivity contribution is 5.92. The lowest BCUT2D eigenvalue weighted by molar-refractivity contribution is 0.0543. The van der Waals surface area contributed by atoms with Crippen LogP contribution in [0.2, 0.25) is 0 Å². The number of benzene rings is 1. The standard InChI is InChI=1S/C14H16FNO2.C2H6/c1-9-8-16(13(17)18-14(2,3)4)12-10(9)6-5-7-11(12)15;1-2/h5-8H,1-4H3;1-2H3. The van der Waals surface area contributed by atoms with E-state index in [-0.39, 0.29) is 5.52 Å². The summed E-state index contributed by atoms with van der Waals surface area (Å²) in [5, 5.41) is 0.723. The van der Waals surface area contributed by atoms with Gasteiger partial charge in [-0.15, -0.1) is 0 Å². The molecule has 0 radical (unpaired) electrons. The Morgan fingerprint density at radius 1 is 1.25 bits per heavy atom. The Morgan fingerprint density at radius 3 is 2.40 bits per heavy atom. The van der Waals surface area contributed by atoms with Crippen LogP contribution in [0.4, 0.5) is 9.18 Å². The summed E-state index contributed by atoms with van der Waals surface area (Å²) < 4.78 is 20.3. The number of carbonyl (C=O) groups is 1. The molecule has 0 unspecified atom stereocenters. The van der Waals surface area contributed by atoms with Crippen LogP contribution in [0, 0.1) is 12.7 Å². The number of para-hydroxylation sites is 1. The smallest absolute Gasteiger partial charge is 0.419 e. The zero-order chi connectivity index (χ0) is 15.5. The van der Waals surface area contributed by atoms with Gasteiger partial charge in [-0.05, 0) is 39.3 Å². The predicted octanol–water partition coefficient (Wildman–Crippen LogP) is 4.90. The molecule has 0 spiro atoms. The molecule has 1 aromatic heterocycles. The summed E-state index contributed by atoms with van der Waals surface area (Å²) in [4.78, 5) is 12.0. The molecule has 20 heavy (non-hydrogen) atoms. The number of hydrogen-bond donors (Lipinski definition) is 0. The van der Waals surface area contributed by atoms with E-state index in [4.69, 9.17) is 4.74 Å². The number of rotatable bonds is 0. The third-order valence-electron chi connectivity index (χ3n) is 2.57. The molecule has 0 saturated heterocycles. The summed E-state index contributed by atoms with van der Waals surface area (Å²) in [6.45, 7) is 11.2. The molecule has 110 valence electrons. The summed E-state index contributed by atoms with van der Waals surface area (Å²) in [5.41, 5.74) is 0.506. The number of fused-ring (bicyclic) bond motifs is 1. The van der Waals surface area contributed by atoms with E-state index in [1.807, 2.05) is 20.8 Å². The van der Waals surface area contributed by atoms with Gasteiger partial charge in [-0.25, -0.2) is 13.8 Å². The minimum atomic E-state index is -0.604. The number of halogens is 1. The molecule has 2 aromatic rings. The lowest BCUT2D eigenvalue weighted by Gasteiger charge is -2.19. The Bertz CT molecular complexity index is 609. The Labute approximate surface area is 119 Å². The first kappa shape index (κ1) is 16.2. The molecular weight excluding hydrogens is 257 g/mol. The third-order valence-corrected chi connectivity index (χ3v) is 2.57. The minimum Gasteiger partial charge on any atom is -0.443 e. The van der Waals surface area contributed by atoms with E-state index < -0.39 is 17.5 Å². The van der Waals surface area contributed by atoms with Gasteiger partial charge in [-0.1, -0.05) is 26.0 Å². The first-order valence-electron chi connectivity index (χ1n) is 6.79. The molecule has 0 atom stereocenters. The van der Waals surface area contributed by atoms with Crippen molar-refractivity contribution in [1.29, 1.82) is 0 Å². The summed E-state index contributed by atoms with van der Waals surface area (Å²) in [6, 6.07) is 4.75. The lowest BCUT2D eigenvalue weighted by atomic mass is 10.2. The third kappa shape index (κ3) is 3.38. The lowest BCUT2D eigenvalue weighted by Crippen LogP contribution is -2.26. The Hall–Kier alpha value is -1.84. The van der Waals surface area contributed by atoms with Gasteiger partial charge in [-0.2, -0.15) is 0 Å². The van der Waals surface area contributed by atoms with Gasteiger partial charge in [0.1, 0.15) is 11.4 Å². The maximum Gasteiger partial charge on any atom is 0.419 e. The highest BCUT2D eigenvalue weighted by Gasteiger charge is 2.21. The predicted molar refractivity (Wildman–Crippen MR) is 79.6 cm³/mol. The molecule has 0 aliphatic carbocycles. The van der Waals surface area contributed by atoms with Gasteiger partial charge in [0.2, 0.25) is 0 Å². The number of aromatic nitrogens is 1. The van der Waals surface area contributed by atoms with E-state index in [1.165, 1.54) is 10.6 Å². The number of nitrogens with zero attached hydrogens (tertiary/aromatic N) is 1. The quantitative estimate of drug-likeness (QED) is 0.687. The van der Waals surface area contributed by atoms with Crippen molar-refractivity contribution in [2.45, 2.75) is 47.1 Å². The van der Waals surface area contributed by atoms with Crippen molar-refractivity contribution in [3.8, 4) is 0 Å². The van der Waals surface area contributed by atoms with Crippen molar-refractivity contribution < 1.29 is 13.9 Å². The molecule has 1 heterocycles. The fourth-order valence-electron chi connectivity index (χ4n) is 1.86. The highest BCUT2D eigenvalue weighted by atomic mass is 19.1. The van der Waals surface area contributed by atoms with Crippen LogP contribution in [0.5, 0.6) is 0 Å². The monoisotopic (exact) mass is 279 g/mol. The van der Waals surface area contributed by atoms with Crippen molar-refractivity contribution in [2.24, 2.45) is 0 Å². The Kier molecular flexibility index (Phi) is 4.93. The number of aryl methyl sites for hydroxylation is 1. The molecule has 3 nitrogen and oxygen atoms in total. The zero-order valence-electron chi connectivity index (χ0n) is 13.0. The molecule has 0 saturated carbocycles. The van der Waals surface area contributed by atoms with Crippen LogP contribution < -0.4 is 0 Å². The van der Waals surface area contributed by atoms with E-state index in [9.17, 15) is 9.18 Å². The second-order valence-electron chi connectivity index (χ2n) is 5.30. The van der Waals surface area contributed by atoms with Crippen LogP contribution in [0.3, 0.4) is 0 Å². The molecule has 0 fully saturated rings. The van der Waals surface area contributed by atoms with Crippen LogP contribution in [0.1, 0.15) is 40.2 Å². The molecular formula is C16H22FNO2. The molecule has 0 aliphatic heterocycles. The van der Waals surface area contributed by atoms with E-state index in [2.05, 4.69) is 0 Å². The number of ether oxygens (including phenoxy) is 1. The van der Waals surface area contributed by atoms with Crippen LogP contribution >= 0.6 is 0 Å². The highest BCUT2D eigenvalue weighted by Crippen LogP contribution is 2.24. The topological polar surface area (TPSA) is 31.2 Å². The molecule has 1 aromatic carbocycles. The van der Waals surface area contributed by atoms with E-state index >= 15 is 0 Å². The first-order valence-corrected chi connectivity index (χ1v) is 6.79. The van der Waals surface area contributed by atoms with Crippen molar-refractivity contribution in [3.05, 3.63) is 35.8 Å². The van der Waals surface area contributed by atoms with Crippen molar-refractivity contribution in [2.75, 3.05) is 0 Å². The summed E-state index contributed by atoms with van der Waals surface area (Å²) in [5.74, 6) is -0.425. The Morgan fingerprint density at radius 2 is 1.85 bits per heavy atom. The normalized spacial score (nSPS) is 10.9. The second-order valence-corrected chi connectivity index (χ2v) is 5.30. The fraction of sp³-hybridized carbons (Fsp3) is 0.438. The second kappa shape index (κ2) is 6.07. The largest absolute Gasteiger partial charge is 0.443 e. The van der Waals surface area contributed by atoms with Gasteiger partial charge >= 0.3 is 6.09 Å². The van der Waals surface area contributed by atoms with Crippen molar-refractivity contribution in [1.82, 2.24) is 4.57 Å². The SMILES string of the molecule is CC.Cc1cn(C(=O)OC(C)(C)C)c2c(F)cccc12. The molecule has 2 rings (SSSR count). The van der Waals surface area contributed by atoms with E-state index in [1.54, 1.807) is 39.1 Å². The van der Waals surface area contributed by atoms with Crippen LogP contribution in [-0.4, -0.2) is 16.3 Å². The molecule has 0 N–H and O–H groups in total. The van der Waals surface area contributed by atoms with Crippen molar-refractivity contribution in [3.63, 3.8) is 0 Å². The van der Waals surface area contributed by atoms with E-state index in [0.717, 1.165) is 10.9 Å². The van der Waals surface area contributed by atoms with Gasteiger partial charge in [0.15, 0.2) is 0 Å². The number of carbonyl (C=O) groups excluding carboxylic acids is 1. The number of hydrogen-bond acceptors (Lipinski definition) is 2. The maximum absolute atomic E-state index is 13.8. The minimum absolute atomic E-state index is 0.268. The van der Waals surface area contributed by atoms with Crippen LogP contribution in [0.25, 0.3) is 10.9 Å². The summed E-state index contributed by atoms with van der Waals surface area (Å²) in [6.07, 6.45) is 1.03. The average Bonchev–Trinajstić information content (AvgIpc) is 2.69. The van der Waals surface area contributed by atoms with Crippen LogP contribution in [-0.2, 0) is 4.74 Å². The Balaban J connectivity index is 0.000000956. The zero-order valence-corrected chi connectivity index (χ0v) is 13.0. The molecule has 0 bridgehead atoms. The average molecular weight is 279 g/mol. The molecule has 0 amide bonds. The molecule has 4 heteroatoms. The summed E-state index contributed by atoms with van der Waals surface area (Å²) >= 11 is 0. The summed E-state index contributed by atoms with van der Waals surface area (Å²) in [7, 11) is 0. The maximum atomic E-state index is 13.8. The van der Waals surface area contributed by atoms with Gasteiger partial charge in [0, 0.05) is 11.6 Å². The van der Waals surface area contributed by atoms with Crippen LogP contribution in [0.15, 0.2) is 24.4 Å². The molecule has 0 aliphatic rings. The van der Waals surface area contributed by atoms with Gasteiger partial charge < -0.3 is 4.74 Å². The van der Waals surface area contributed by atoms with Crippen molar-refractivity contribution >= 4 is 17.0 Å². The van der Waals surface area contributed by atoms with E-state index in [0.29, 0.717) is 0 Å². The first-order chi connectivity index (χ1) is 9.29. The van der Waals surface area contributed by atoms with Gasteiger partial charge in [-0.3, -0.25) is 0 Å².